The minimum Gasteiger partial charge on any atom is -0.324 e. The van der Waals surface area contributed by atoms with E-state index in [0.29, 0.717) is 34.9 Å². The molecule has 10 heteroatoms. The zero-order chi connectivity index (χ0) is 19.6. The van der Waals surface area contributed by atoms with Crippen molar-refractivity contribution in [3.8, 4) is 0 Å². The van der Waals surface area contributed by atoms with Crippen molar-refractivity contribution in [1.82, 2.24) is 20.2 Å². The average molecular weight is 397 g/mol. The molecule has 0 amide bonds. The zero-order valence-electron chi connectivity index (χ0n) is 14.9. The molecule has 0 unspecified atom stereocenters. The molecule has 0 radical (unpaired) electrons. The summed E-state index contributed by atoms with van der Waals surface area (Å²) in [5.74, 6) is 2.25. The largest absolute Gasteiger partial charge is 0.324 e. The average Bonchev–Trinajstić information content (AvgIpc) is 3.42. The summed E-state index contributed by atoms with van der Waals surface area (Å²) in [6.07, 6.45) is 4.02. The standard InChI is InChI=1S/C18H19N7O2S/c1-2-28(26,27)25-14-5-3-4-13(10-14)20-18-19-9-8-16(22-18)21-17-11-15(23-24-17)12-6-7-12/h2-5,8-12,25H,1,6-7H2,(H3,19,20,21,22,23,24). The summed E-state index contributed by atoms with van der Waals surface area (Å²) in [7, 11) is -3.57. The van der Waals surface area contributed by atoms with Crippen LogP contribution in [0.2, 0.25) is 0 Å². The van der Waals surface area contributed by atoms with Crippen molar-refractivity contribution in [2.75, 3.05) is 15.4 Å². The first kappa shape index (κ1) is 18.0. The van der Waals surface area contributed by atoms with E-state index in [1.807, 2.05) is 6.07 Å². The summed E-state index contributed by atoms with van der Waals surface area (Å²) >= 11 is 0. The smallest absolute Gasteiger partial charge is 0.254 e. The lowest BCUT2D eigenvalue weighted by Gasteiger charge is -2.09. The molecule has 0 atom stereocenters. The maximum absolute atomic E-state index is 11.6. The first-order valence-electron chi connectivity index (χ1n) is 8.68. The minimum absolute atomic E-state index is 0.367. The molecule has 1 aliphatic rings. The van der Waals surface area contributed by atoms with Gasteiger partial charge in [-0.2, -0.15) is 10.1 Å². The summed E-state index contributed by atoms with van der Waals surface area (Å²) in [6, 6.07) is 10.5. The molecule has 1 fully saturated rings. The van der Waals surface area contributed by atoms with Crippen LogP contribution in [-0.4, -0.2) is 28.6 Å². The van der Waals surface area contributed by atoms with Gasteiger partial charge in [-0.1, -0.05) is 12.6 Å². The van der Waals surface area contributed by atoms with Crippen LogP contribution in [0.3, 0.4) is 0 Å². The van der Waals surface area contributed by atoms with E-state index in [1.165, 1.54) is 12.8 Å². The lowest BCUT2D eigenvalue weighted by Crippen LogP contribution is -2.08. The van der Waals surface area contributed by atoms with Gasteiger partial charge < -0.3 is 10.6 Å². The Hall–Kier alpha value is -3.40. The Morgan fingerprint density at radius 3 is 2.71 bits per heavy atom. The number of hydrogen-bond acceptors (Lipinski definition) is 7. The highest BCUT2D eigenvalue weighted by molar-refractivity contribution is 7.95. The minimum atomic E-state index is -3.57. The number of aromatic amines is 1. The van der Waals surface area contributed by atoms with Crippen LogP contribution in [0.15, 0.2) is 54.6 Å². The molecule has 0 bridgehead atoms. The second-order valence-electron chi connectivity index (χ2n) is 6.39. The molecule has 9 nitrogen and oxygen atoms in total. The zero-order valence-corrected chi connectivity index (χ0v) is 15.7. The molecule has 4 rings (SSSR count). The molecular weight excluding hydrogens is 378 g/mol. The molecule has 0 saturated heterocycles. The Labute approximate surface area is 162 Å². The normalized spacial score (nSPS) is 13.7. The van der Waals surface area contributed by atoms with Gasteiger partial charge in [-0.3, -0.25) is 9.82 Å². The van der Waals surface area contributed by atoms with Gasteiger partial charge in [0.25, 0.3) is 10.0 Å². The van der Waals surface area contributed by atoms with E-state index in [9.17, 15) is 8.42 Å². The monoisotopic (exact) mass is 397 g/mol. The van der Waals surface area contributed by atoms with E-state index in [0.717, 1.165) is 11.1 Å². The summed E-state index contributed by atoms with van der Waals surface area (Å²) in [6.45, 7) is 3.28. The Morgan fingerprint density at radius 2 is 1.93 bits per heavy atom. The highest BCUT2D eigenvalue weighted by Gasteiger charge is 2.25. The van der Waals surface area contributed by atoms with Crippen molar-refractivity contribution in [3.05, 3.63) is 60.3 Å². The van der Waals surface area contributed by atoms with Crippen LogP contribution in [0, 0.1) is 0 Å². The van der Waals surface area contributed by atoms with Crippen molar-refractivity contribution in [2.45, 2.75) is 18.8 Å². The second kappa shape index (κ2) is 7.31. The molecule has 1 saturated carbocycles. The van der Waals surface area contributed by atoms with Crippen LogP contribution in [0.1, 0.15) is 24.5 Å². The maximum Gasteiger partial charge on any atom is 0.254 e. The number of hydrogen-bond donors (Lipinski definition) is 4. The number of H-pyrrole nitrogens is 1. The first-order valence-corrected chi connectivity index (χ1v) is 10.2. The molecule has 1 aliphatic carbocycles. The van der Waals surface area contributed by atoms with E-state index < -0.39 is 10.0 Å². The Morgan fingerprint density at radius 1 is 1.11 bits per heavy atom. The van der Waals surface area contributed by atoms with Gasteiger partial charge in [-0.05, 0) is 37.1 Å². The molecule has 0 spiro atoms. The van der Waals surface area contributed by atoms with Crippen LogP contribution in [-0.2, 0) is 10.0 Å². The fraction of sp³-hybridized carbons (Fsp3) is 0.167. The maximum atomic E-state index is 11.6. The molecular formula is C18H19N7O2S. The van der Waals surface area contributed by atoms with Crippen molar-refractivity contribution >= 4 is 39.0 Å². The number of nitrogens with zero attached hydrogens (tertiary/aromatic N) is 3. The van der Waals surface area contributed by atoms with Gasteiger partial charge in [0.2, 0.25) is 5.95 Å². The second-order valence-corrected chi connectivity index (χ2v) is 8.02. The first-order chi connectivity index (χ1) is 13.5. The van der Waals surface area contributed by atoms with Crippen LogP contribution in [0.5, 0.6) is 0 Å². The van der Waals surface area contributed by atoms with Crippen molar-refractivity contribution < 1.29 is 8.42 Å². The third-order valence-corrected chi connectivity index (χ3v) is 5.08. The molecule has 2 aromatic heterocycles. The van der Waals surface area contributed by atoms with Gasteiger partial charge in [0, 0.05) is 35.0 Å². The molecule has 0 aliphatic heterocycles. The summed E-state index contributed by atoms with van der Waals surface area (Å²) in [5, 5.41) is 14.3. The Kier molecular flexibility index (Phi) is 4.70. The van der Waals surface area contributed by atoms with Crippen molar-refractivity contribution in [2.24, 2.45) is 0 Å². The van der Waals surface area contributed by atoms with Gasteiger partial charge in [-0.15, -0.1) is 0 Å². The number of benzene rings is 1. The lowest BCUT2D eigenvalue weighted by molar-refractivity contribution is 0.609. The van der Waals surface area contributed by atoms with Crippen molar-refractivity contribution in [1.29, 1.82) is 0 Å². The van der Waals surface area contributed by atoms with Crippen LogP contribution in [0.25, 0.3) is 0 Å². The van der Waals surface area contributed by atoms with Gasteiger partial charge in [-0.25, -0.2) is 13.4 Å². The highest BCUT2D eigenvalue weighted by atomic mass is 32.2. The van der Waals surface area contributed by atoms with Crippen LogP contribution >= 0.6 is 0 Å². The number of anilines is 5. The number of aromatic nitrogens is 4. The fourth-order valence-corrected chi connectivity index (χ4v) is 3.16. The van der Waals surface area contributed by atoms with Gasteiger partial charge in [0.1, 0.15) is 5.82 Å². The number of rotatable bonds is 8. The molecule has 28 heavy (non-hydrogen) atoms. The van der Waals surface area contributed by atoms with Gasteiger partial charge in [0.15, 0.2) is 5.82 Å². The molecule has 4 N–H and O–H groups in total. The fourth-order valence-electron chi connectivity index (χ4n) is 2.62. The molecule has 3 aromatic rings. The van der Waals surface area contributed by atoms with E-state index in [1.54, 1.807) is 36.5 Å². The van der Waals surface area contributed by atoms with E-state index in [-0.39, 0.29) is 0 Å². The van der Waals surface area contributed by atoms with Crippen LogP contribution < -0.4 is 15.4 Å². The van der Waals surface area contributed by atoms with Crippen LogP contribution in [0.4, 0.5) is 29.0 Å². The summed E-state index contributed by atoms with van der Waals surface area (Å²) in [5.41, 5.74) is 2.18. The van der Waals surface area contributed by atoms with Gasteiger partial charge in [0.05, 0.1) is 5.69 Å². The van der Waals surface area contributed by atoms with E-state index in [2.05, 4.69) is 42.1 Å². The van der Waals surface area contributed by atoms with E-state index >= 15 is 0 Å². The predicted octanol–water partition coefficient (Wildman–Crippen LogP) is 3.45. The number of sulfonamides is 1. The van der Waals surface area contributed by atoms with Gasteiger partial charge >= 0.3 is 0 Å². The lowest BCUT2D eigenvalue weighted by atomic mass is 10.3. The molecule has 1 aromatic carbocycles. The highest BCUT2D eigenvalue weighted by Crippen LogP contribution is 2.39. The predicted molar refractivity (Wildman–Crippen MR) is 108 cm³/mol. The van der Waals surface area contributed by atoms with Crippen molar-refractivity contribution in [3.63, 3.8) is 0 Å². The SMILES string of the molecule is C=CS(=O)(=O)Nc1cccc(Nc2nccc(Nc3cc(C4CC4)[nH]n3)n2)c1. The topological polar surface area (TPSA) is 125 Å². The molecule has 2 heterocycles. The van der Waals surface area contributed by atoms with E-state index in [4.69, 9.17) is 0 Å². The third-order valence-electron chi connectivity index (χ3n) is 4.12. The summed E-state index contributed by atoms with van der Waals surface area (Å²) in [4.78, 5) is 8.61. The number of nitrogens with one attached hydrogen (secondary N) is 4. The quantitative estimate of drug-likeness (QED) is 0.459. The summed E-state index contributed by atoms with van der Waals surface area (Å²) < 4.78 is 25.6. The third kappa shape index (κ3) is 4.46. The molecule has 144 valence electrons. The Balaban J connectivity index is 1.46. The Bertz CT molecular complexity index is 1110.